The Labute approximate surface area is 683 Å². The molecule has 582 valence electrons. The Morgan fingerprint density at radius 1 is 0.259 bits per heavy atom. The maximum absolute atomic E-state index is 15.9. The Morgan fingerprint density at radius 2 is 0.517 bits per heavy atom. The van der Waals surface area contributed by atoms with Crippen LogP contribution >= 0.6 is 14.3 Å². The molecule has 0 saturated carbocycles. The molecule has 0 fully saturated rings. The quantitative estimate of drug-likeness (QED) is 0.0390. The van der Waals surface area contributed by atoms with E-state index in [0.29, 0.717) is 87.9 Å². The highest BCUT2D eigenvalue weighted by atomic mass is 31.2. The van der Waals surface area contributed by atoms with Crippen molar-refractivity contribution < 1.29 is 47.0 Å². The fourth-order valence-electron chi connectivity index (χ4n) is 14.9. The van der Waals surface area contributed by atoms with Crippen molar-refractivity contribution in [3.63, 3.8) is 0 Å². The highest BCUT2D eigenvalue weighted by Gasteiger charge is 2.36. The lowest BCUT2D eigenvalue weighted by Gasteiger charge is -2.23. The number of benzene rings is 14. The number of rotatable bonds is 31. The molecule has 14 aromatic rings. The first-order valence-corrected chi connectivity index (χ1v) is 42.5. The summed E-state index contributed by atoms with van der Waals surface area (Å²) in [5, 5.41) is 3.95. The molecule has 0 amide bonds. The highest BCUT2D eigenvalue weighted by molar-refractivity contribution is 7.86. The lowest BCUT2D eigenvalue weighted by atomic mass is 9.88. The van der Waals surface area contributed by atoms with Gasteiger partial charge in [-0.25, -0.2) is 0 Å². The molecule has 0 aliphatic heterocycles. The zero-order chi connectivity index (χ0) is 81.0. The summed E-state index contributed by atoms with van der Waals surface area (Å²) in [6.07, 6.45) is 3.63. The molecule has 0 aromatic heterocycles. The molecule has 0 heterocycles. The molecule has 0 atom stereocenters. The SMILES string of the molecule is C=Cc1ccc(COc2ccc(OCc3ccc(COc4c(C)cc(Oc5c(C)cc(-c6cc(C)c(Oc7cc(C)c(OCc8ccc(COc9ccc(OCc%10ccc(C=C)cc%10)c(P(=O)(c%10ccccc%10)c%10ccccc%10)c9)cc8)c(C)c7)c(C)c6C)c(C)c5C)cc4C)cc3)c(P(=O)(c3ccccc3)c3ccccc3)c2)cc1. The third-order valence-corrected chi connectivity index (χ3v) is 27.7. The Morgan fingerprint density at radius 3 is 0.802 bits per heavy atom. The molecule has 116 heavy (non-hydrogen) atoms. The van der Waals surface area contributed by atoms with Crippen molar-refractivity contribution in [1.29, 1.82) is 0 Å². The van der Waals surface area contributed by atoms with Gasteiger partial charge in [0.05, 0.1) is 10.6 Å². The number of hydrogen-bond donors (Lipinski definition) is 0. The summed E-state index contributed by atoms with van der Waals surface area (Å²) in [5.74, 6) is 6.99. The number of hydrogen-bond acceptors (Lipinski definition) is 10. The fraction of sp³-hybridized carbons (Fsp3) is 0.154. The van der Waals surface area contributed by atoms with Crippen LogP contribution in [-0.2, 0) is 48.8 Å². The van der Waals surface area contributed by atoms with E-state index in [1.807, 2.05) is 243 Å². The van der Waals surface area contributed by atoms with Crippen molar-refractivity contribution in [2.24, 2.45) is 0 Å². The van der Waals surface area contributed by atoms with Gasteiger partial charge >= 0.3 is 0 Å². The fourth-order valence-corrected chi connectivity index (χ4v) is 20.5. The molecule has 0 aliphatic rings. The predicted molar refractivity (Wildman–Crippen MR) is 476 cm³/mol. The molecular weight excluding hydrogens is 1470 g/mol. The monoisotopic (exact) mass is 1570 g/mol. The molecule has 0 spiro atoms. The van der Waals surface area contributed by atoms with E-state index in [0.717, 1.165) is 146 Å². The lowest BCUT2D eigenvalue weighted by molar-refractivity contribution is 0.297. The van der Waals surface area contributed by atoms with E-state index in [1.54, 1.807) is 0 Å². The minimum absolute atomic E-state index is 0.250. The van der Waals surface area contributed by atoms with Crippen LogP contribution in [0.5, 0.6) is 57.5 Å². The van der Waals surface area contributed by atoms with Crippen LogP contribution in [0.1, 0.15) is 100 Å². The summed E-state index contributed by atoms with van der Waals surface area (Å²) < 4.78 is 84.5. The minimum Gasteiger partial charge on any atom is -0.489 e. The van der Waals surface area contributed by atoms with Crippen molar-refractivity contribution in [3.8, 4) is 68.6 Å². The van der Waals surface area contributed by atoms with E-state index in [1.165, 1.54) is 0 Å². The van der Waals surface area contributed by atoms with Gasteiger partial charge in [-0.05, 0) is 253 Å². The molecule has 14 rings (SSSR count). The molecule has 12 heteroatoms. The van der Waals surface area contributed by atoms with Crippen LogP contribution in [0.3, 0.4) is 0 Å². The summed E-state index contributed by atoms with van der Waals surface area (Å²) >= 11 is 0. The second kappa shape index (κ2) is 35.9. The normalized spacial score (nSPS) is 11.4. The van der Waals surface area contributed by atoms with Gasteiger partial charge in [0.25, 0.3) is 0 Å². The second-order valence-corrected chi connectivity index (χ2v) is 35.2. The second-order valence-electron chi connectivity index (χ2n) is 29.7. The number of ether oxygens (including phenoxy) is 8. The van der Waals surface area contributed by atoms with Crippen molar-refractivity contribution >= 4 is 58.3 Å². The molecular formula is C104H96O10P2. The Bertz CT molecular complexity index is 5830. The third-order valence-electron chi connectivity index (χ3n) is 21.5. The Kier molecular flexibility index (Phi) is 24.7. The van der Waals surface area contributed by atoms with Crippen LogP contribution < -0.4 is 69.7 Å². The van der Waals surface area contributed by atoms with Gasteiger partial charge in [-0.2, -0.15) is 0 Å². The van der Waals surface area contributed by atoms with E-state index in [9.17, 15) is 0 Å². The van der Waals surface area contributed by atoms with Gasteiger partial charge in [0.2, 0.25) is 0 Å². The van der Waals surface area contributed by atoms with E-state index >= 15 is 9.13 Å². The Balaban J connectivity index is 0.595. The molecule has 0 aliphatic carbocycles. The zero-order valence-electron chi connectivity index (χ0n) is 67.5. The van der Waals surface area contributed by atoms with Crippen molar-refractivity contribution in [3.05, 3.63) is 404 Å². The molecule has 0 N–H and O–H groups in total. The molecule has 0 radical (unpaired) electrons. The van der Waals surface area contributed by atoms with Gasteiger partial charge in [0.15, 0.2) is 14.3 Å². The van der Waals surface area contributed by atoms with Gasteiger partial charge in [0.1, 0.15) is 97.1 Å². The standard InChI is InChI=1S/C104H96O10P2/c1-13-79-35-39-81(40-36-79)63-107-87-51-54-98(100(61-87)116(106,93-31-23-17-24-32-93)94-33-25-18-26-34-94)110-66-84-45-49-86(50-46-84)68-112-102-71(5)57-90(58-72(102)6)114-104-74(8)60-96(76(10)78(104)12)95-59-73(7)103(77(11)75(95)9)113-89-55-69(3)101(70(4)56-89)111-67-85-47-43-82(44-48-85)64-108-88-52-53-97(109-65-83-41-37-80(14-2)38-42-83)99(62-88)115(105,91-27-19-15-20-28-91)92-29-21-16-22-30-92/h13-62H,1-2,63-68H2,3-12H3. The Hall–Kier alpha value is -12.6. The summed E-state index contributed by atoms with van der Waals surface area (Å²) in [6, 6.07) is 95.0. The first kappa shape index (κ1) is 80.0. The smallest absolute Gasteiger partial charge is 0.174 e. The molecule has 10 nitrogen and oxygen atoms in total. The molecule has 0 unspecified atom stereocenters. The number of aryl methyl sites for hydroxylation is 6. The van der Waals surface area contributed by atoms with Crippen LogP contribution in [0.15, 0.2) is 304 Å². The topological polar surface area (TPSA) is 108 Å². The van der Waals surface area contributed by atoms with Crippen LogP contribution in [-0.4, -0.2) is 0 Å². The van der Waals surface area contributed by atoms with E-state index in [-0.39, 0.29) is 6.61 Å². The largest absolute Gasteiger partial charge is 0.489 e. The van der Waals surface area contributed by atoms with Crippen LogP contribution in [0.4, 0.5) is 0 Å². The minimum atomic E-state index is -3.46. The van der Waals surface area contributed by atoms with Crippen LogP contribution in [0.25, 0.3) is 23.3 Å². The summed E-state index contributed by atoms with van der Waals surface area (Å²) in [6.45, 7) is 30.8. The first-order chi connectivity index (χ1) is 56.2. The van der Waals surface area contributed by atoms with Gasteiger partial charge < -0.3 is 47.0 Å². The first-order valence-electron chi connectivity index (χ1n) is 39.1. The van der Waals surface area contributed by atoms with Crippen LogP contribution in [0, 0.1) is 69.2 Å². The average Bonchev–Trinajstić information content (AvgIpc) is 0.751. The molecule has 0 saturated heterocycles. The molecule has 14 aromatic carbocycles. The maximum atomic E-state index is 15.9. The van der Waals surface area contributed by atoms with E-state index in [4.69, 9.17) is 37.9 Å². The van der Waals surface area contributed by atoms with E-state index in [2.05, 4.69) is 143 Å². The van der Waals surface area contributed by atoms with Crippen molar-refractivity contribution in [2.75, 3.05) is 0 Å². The summed E-state index contributed by atoms with van der Waals surface area (Å²) in [7, 11) is -6.90. The third kappa shape index (κ3) is 17.8. The van der Waals surface area contributed by atoms with E-state index < -0.39 is 14.3 Å². The zero-order valence-corrected chi connectivity index (χ0v) is 69.3. The molecule has 0 bridgehead atoms. The maximum Gasteiger partial charge on any atom is 0.174 e. The summed E-state index contributed by atoms with van der Waals surface area (Å²) in [5.41, 5.74) is 20.7. The van der Waals surface area contributed by atoms with Crippen molar-refractivity contribution in [2.45, 2.75) is 109 Å². The van der Waals surface area contributed by atoms with Crippen molar-refractivity contribution in [1.82, 2.24) is 0 Å². The summed E-state index contributed by atoms with van der Waals surface area (Å²) in [4.78, 5) is 0. The lowest BCUT2D eigenvalue weighted by Crippen LogP contribution is -2.26. The van der Waals surface area contributed by atoms with Gasteiger partial charge in [-0.1, -0.05) is 244 Å². The van der Waals surface area contributed by atoms with Gasteiger partial charge in [-0.3, -0.25) is 0 Å². The van der Waals surface area contributed by atoms with Gasteiger partial charge in [0, 0.05) is 21.2 Å². The highest BCUT2D eigenvalue weighted by Crippen LogP contribution is 2.49. The van der Waals surface area contributed by atoms with Gasteiger partial charge in [-0.15, -0.1) is 0 Å². The predicted octanol–water partition coefficient (Wildman–Crippen LogP) is 24.1. The van der Waals surface area contributed by atoms with Crippen LogP contribution in [0.2, 0.25) is 0 Å². The average molecular weight is 1570 g/mol.